The SMILES string of the molecule is O=C(CNC(=O)Cc1cccc2ccccc12)NCCOc1ccc(C(F)(F)F)cc1. The number of fused-ring (bicyclic) bond motifs is 1. The van der Waals surface area contributed by atoms with Gasteiger partial charge >= 0.3 is 6.18 Å². The molecule has 0 spiro atoms. The van der Waals surface area contributed by atoms with Crippen LogP contribution in [-0.2, 0) is 22.2 Å². The van der Waals surface area contributed by atoms with Crippen LogP contribution in [0.1, 0.15) is 11.1 Å². The van der Waals surface area contributed by atoms with Crippen molar-refractivity contribution in [3.8, 4) is 5.75 Å². The summed E-state index contributed by atoms with van der Waals surface area (Å²) in [5, 5.41) is 7.19. The van der Waals surface area contributed by atoms with E-state index in [0.29, 0.717) is 0 Å². The standard InChI is InChI=1S/C23H21F3N2O3/c24-23(25,26)18-8-10-19(11-9-18)31-13-12-27-22(30)15-28-21(29)14-17-6-3-5-16-4-1-2-7-20(16)17/h1-11H,12-15H2,(H,27,30)(H,28,29). The molecule has 0 unspecified atom stereocenters. The Balaban J connectivity index is 1.37. The molecule has 0 saturated carbocycles. The Morgan fingerprint density at radius 3 is 2.29 bits per heavy atom. The molecule has 0 aliphatic carbocycles. The highest BCUT2D eigenvalue weighted by Gasteiger charge is 2.30. The summed E-state index contributed by atoms with van der Waals surface area (Å²) >= 11 is 0. The molecule has 2 N–H and O–H groups in total. The van der Waals surface area contributed by atoms with Gasteiger partial charge in [-0.3, -0.25) is 9.59 Å². The highest BCUT2D eigenvalue weighted by Crippen LogP contribution is 2.30. The Morgan fingerprint density at radius 1 is 0.839 bits per heavy atom. The van der Waals surface area contributed by atoms with Gasteiger partial charge in [-0.05, 0) is 40.6 Å². The lowest BCUT2D eigenvalue weighted by atomic mass is 10.0. The monoisotopic (exact) mass is 430 g/mol. The molecule has 31 heavy (non-hydrogen) atoms. The minimum Gasteiger partial charge on any atom is -0.492 e. The molecule has 8 heteroatoms. The van der Waals surface area contributed by atoms with Gasteiger partial charge in [-0.15, -0.1) is 0 Å². The van der Waals surface area contributed by atoms with E-state index in [1.807, 2.05) is 42.5 Å². The molecule has 0 aliphatic rings. The molecule has 5 nitrogen and oxygen atoms in total. The fourth-order valence-corrected chi connectivity index (χ4v) is 3.02. The van der Waals surface area contributed by atoms with Gasteiger partial charge < -0.3 is 15.4 Å². The highest BCUT2D eigenvalue weighted by molar-refractivity contribution is 5.91. The summed E-state index contributed by atoms with van der Waals surface area (Å²) in [5.74, 6) is -0.388. The number of alkyl halides is 3. The Hall–Kier alpha value is -3.55. The maximum Gasteiger partial charge on any atom is 0.416 e. The normalized spacial score (nSPS) is 11.2. The minimum atomic E-state index is -4.40. The Bertz CT molecular complexity index is 1040. The quantitative estimate of drug-likeness (QED) is 0.536. The Labute approximate surface area is 177 Å². The number of nitrogens with one attached hydrogen (secondary N) is 2. The molecular formula is C23H21F3N2O3. The van der Waals surface area contributed by atoms with Crippen LogP contribution in [0.2, 0.25) is 0 Å². The average Bonchev–Trinajstić information content (AvgIpc) is 2.75. The fraction of sp³-hybridized carbons (Fsp3) is 0.217. The van der Waals surface area contributed by atoms with E-state index < -0.39 is 11.7 Å². The van der Waals surface area contributed by atoms with E-state index in [1.165, 1.54) is 12.1 Å². The number of benzene rings is 3. The third kappa shape index (κ3) is 6.47. The smallest absolute Gasteiger partial charge is 0.416 e. The number of carbonyl (C=O) groups excluding carboxylic acids is 2. The van der Waals surface area contributed by atoms with E-state index in [0.717, 1.165) is 28.5 Å². The molecule has 0 bridgehead atoms. The summed E-state index contributed by atoms with van der Waals surface area (Å²) in [6.07, 6.45) is -4.24. The first-order valence-corrected chi connectivity index (χ1v) is 9.63. The topological polar surface area (TPSA) is 67.4 Å². The maximum absolute atomic E-state index is 12.5. The highest BCUT2D eigenvalue weighted by atomic mass is 19.4. The number of amides is 2. The zero-order valence-corrected chi connectivity index (χ0v) is 16.5. The molecule has 0 saturated heterocycles. The fourth-order valence-electron chi connectivity index (χ4n) is 3.02. The van der Waals surface area contributed by atoms with Crippen molar-refractivity contribution >= 4 is 22.6 Å². The van der Waals surface area contributed by atoms with Gasteiger partial charge in [0.2, 0.25) is 11.8 Å². The van der Waals surface area contributed by atoms with Gasteiger partial charge in [-0.1, -0.05) is 42.5 Å². The number of hydrogen-bond donors (Lipinski definition) is 2. The van der Waals surface area contributed by atoms with Crippen molar-refractivity contribution in [1.29, 1.82) is 0 Å². The summed E-state index contributed by atoms with van der Waals surface area (Å²) in [6.45, 7) is 0.0595. The Kier molecular flexibility index (Phi) is 7.12. The van der Waals surface area contributed by atoms with E-state index in [4.69, 9.17) is 4.74 Å². The molecule has 0 atom stereocenters. The summed E-state index contributed by atoms with van der Waals surface area (Å²) in [6, 6.07) is 17.8. The van der Waals surface area contributed by atoms with Crippen LogP contribution in [0.4, 0.5) is 13.2 Å². The van der Waals surface area contributed by atoms with Crippen molar-refractivity contribution in [2.75, 3.05) is 19.7 Å². The van der Waals surface area contributed by atoms with E-state index in [1.54, 1.807) is 0 Å². The second kappa shape index (κ2) is 9.97. The number of hydrogen-bond acceptors (Lipinski definition) is 3. The van der Waals surface area contributed by atoms with E-state index in [-0.39, 0.29) is 43.7 Å². The third-order valence-electron chi connectivity index (χ3n) is 4.55. The van der Waals surface area contributed by atoms with Crippen molar-refractivity contribution in [2.24, 2.45) is 0 Å². The zero-order chi connectivity index (χ0) is 22.3. The predicted molar refractivity (Wildman–Crippen MR) is 111 cm³/mol. The molecule has 0 fully saturated rings. The Morgan fingerprint density at radius 2 is 1.55 bits per heavy atom. The molecule has 162 valence electrons. The van der Waals surface area contributed by atoms with Crippen LogP contribution < -0.4 is 15.4 Å². The van der Waals surface area contributed by atoms with Crippen LogP contribution in [0, 0.1) is 0 Å². The molecule has 3 rings (SSSR count). The van der Waals surface area contributed by atoms with Crippen molar-refractivity contribution in [3.05, 3.63) is 77.9 Å². The summed E-state index contributed by atoms with van der Waals surface area (Å²) in [7, 11) is 0. The molecule has 0 aliphatic heterocycles. The van der Waals surface area contributed by atoms with E-state index >= 15 is 0 Å². The van der Waals surface area contributed by atoms with Crippen LogP contribution in [0.3, 0.4) is 0 Å². The van der Waals surface area contributed by atoms with Gasteiger partial charge in [0.05, 0.1) is 25.1 Å². The number of ether oxygens (including phenoxy) is 1. The van der Waals surface area contributed by atoms with Gasteiger partial charge in [0.25, 0.3) is 0 Å². The molecule has 0 radical (unpaired) electrons. The van der Waals surface area contributed by atoms with Crippen molar-refractivity contribution in [2.45, 2.75) is 12.6 Å². The van der Waals surface area contributed by atoms with Gasteiger partial charge in [0, 0.05) is 0 Å². The molecular weight excluding hydrogens is 409 g/mol. The second-order valence-electron chi connectivity index (χ2n) is 6.81. The molecule has 2 amide bonds. The largest absolute Gasteiger partial charge is 0.492 e. The van der Waals surface area contributed by atoms with Crippen molar-refractivity contribution in [1.82, 2.24) is 10.6 Å². The molecule has 3 aromatic carbocycles. The maximum atomic E-state index is 12.5. The first kappa shape index (κ1) is 22.1. The number of halogens is 3. The van der Waals surface area contributed by atoms with Crippen LogP contribution in [0.5, 0.6) is 5.75 Å². The number of carbonyl (C=O) groups is 2. The lowest BCUT2D eigenvalue weighted by Crippen LogP contribution is -2.39. The van der Waals surface area contributed by atoms with Gasteiger partial charge in [0.15, 0.2) is 0 Å². The van der Waals surface area contributed by atoms with Crippen LogP contribution in [0.15, 0.2) is 66.7 Å². The first-order valence-electron chi connectivity index (χ1n) is 9.63. The van der Waals surface area contributed by atoms with Gasteiger partial charge in [0.1, 0.15) is 12.4 Å². The summed E-state index contributed by atoms with van der Waals surface area (Å²) in [5.41, 5.74) is 0.119. The molecule has 3 aromatic rings. The van der Waals surface area contributed by atoms with Crippen molar-refractivity contribution in [3.63, 3.8) is 0 Å². The van der Waals surface area contributed by atoms with Crippen LogP contribution in [0.25, 0.3) is 10.8 Å². The molecule has 0 heterocycles. The molecule has 0 aromatic heterocycles. The third-order valence-corrected chi connectivity index (χ3v) is 4.55. The van der Waals surface area contributed by atoms with Crippen molar-refractivity contribution < 1.29 is 27.5 Å². The predicted octanol–water partition coefficient (Wildman–Crippen LogP) is 3.71. The summed E-state index contributed by atoms with van der Waals surface area (Å²) in [4.78, 5) is 24.1. The average molecular weight is 430 g/mol. The minimum absolute atomic E-state index is 0.0844. The second-order valence-corrected chi connectivity index (χ2v) is 6.81. The zero-order valence-electron chi connectivity index (χ0n) is 16.5. The first-order chi connectivity index (χ1) is 14.8. The van der Waals surface area contributed by atoms with Crippen LogP contribution >= 0.6 is 0 Å². The summed E-state index contributed by atoms with van der Waals surface area (Å²) < 4.78 is 42.9. The van der Waals surface area contributed by atoms with Crippen LogP contribution in [-0.4, -0.2) is 31.5 Å². The van der Waals surface area contributed by atoms with E-state index in [2.05, 4.69) is 10.6 Å². The van der Waals surface area contributed by atoms with Gasteiger partial charge in [-0.25, -0.2) is 0 Å². The lowest BCUT2D eigenvalue weighted by molar-refractivity contribution is -0.137. The van der Waals surface area contributed by atoms with E-state index in [9.17, 15) is 22.8 Å². The number of rotatable bonds is 8. The van der Waals surface area contributed by atoms with Gasteiger partial charge in [-0.2, -0.15) is 13.2 Å². The lowest BCUT2D eigenvalue weighted by Gasteiger charge is -2.10.